The molecule has 4 aromatic rings. The number of hydrogen-bond acceptors (Lipinski definition) is 4. The van der Waals surface area contributed by atoms with E-state index in [1.165, 1.54) is 35.2 Å². The molecule has 0 bridgehead atoms. The molecule has 0 radical (unpaired) electrons. The first-order valence-electron chi connectivity index (χ1n) is 14.3. The molecule has 0 aliphatic heterocycles. The summed E-state index contributed by atoms with van der Waals surface area (Å²) in [6, 6.07) is 28.4. The Hall–Kier alpha value is -3.85. The van der Waals surface area contributed by atoms with E-state index < -0.39 is 28.5 Å². The topological polar surface area (TPSA) is 86.8 Å². The van der Waals surface area contributed by atoms with Gasteiger partial charge in [-0.15, -0.1) is 0 Å². The van der Waals surface area contributed by atoms with Crippen LogP contribution in [0.5, 0.6) is 0 Å². The number of rotatable bonds is 13. The van der Waals surface area contributed by atoms with Crippen molar-refractivity contribution in [3.63, 3.8) is 0 Å². The quantitative estimate of drug-likeness (QED) is 0.175. The van der Waals surface area contributed by atoms with E-state index in [0.717, 1.165) is 21.0 Å². The number of amides is 2. The third-order valence-electron chi connectivity index (χ3n) is 7.00. The number of sulfonamides is 1. The van der Waals surface area contributed by atoms with E-state index in [-0.39, 0.29) is 39.5 Å². The van der Waals surface area contributed by atoms with Crippen molar-refractivity contribution in [1.82, 2.24) is 10.2 Å². The molecule has 2 amide bonds. The van der Waals surface area contributed by atoms with Gasteiger partial charge in [-0.25, -0.2) is 8.42 Å². The van der Waals surface area contributed by atoms with Crippen LogP contribution < -0.4 is 9.62 Å². The molecule has 10 heteroatoms. The lowest BCUT2D eigenvalue weighted by Gasteiger charge is -2.34. The fourth-order valence-corrected chi connectivity index (χ4v) is 6.79. The summed E-state index contributed by atoms with van der Waals surface area (Å²) in [5.41, 5.74) is 2.79. The lowest BCUT2D eigenvalue weighted by Crippen LogP contribution is -2.53. The van der Waals surface area contributed by atoms with Crippen molar-refractivity contribution in [2.24, 2.45) is 0 Å². The van der Waals surface area contributed by atoms with Crippen LogP contribution in [0, 0.1) is 6.92 Å². The average molecular weight is 653 g/mol. The molecule has 0 saturated carbocycles. The van der Waals surface area contributed by atoms with Gasteiger partial charge in [-0.05, 0) is 54.8 Å². The van der Waals surface area contributed by atoms with Crippen molar-refractivity contribution in [2.75, 3.05) is 17.4 Å². The molecule has 1 unspecified atom stereocenters. The molecular weight excluding hydrogens is 617 g/mol. The number of halogens is 2. The molecule has 0 aromatic heterocycles. The first-order valence-corrected chi connectivity index (χ1v) is 16.5. The predicted octanol–water partition coefficient (Wildman–Crippen LogP) is 6.66. The van der Waals surface area contributed by atoms with E-state index in [2.05, 4.69) is 5.32 Å². The molecule has 0 spiro atoms. The number of aryl methyl sites for hydroxylation is 1. The normalized spacial score (nSPS) is 11.9. The van der Waals surface area contributed by atoms with E-state index in [1.54, 1.807) is 18.2 Å². The second-order valence-corrected chi connectivity index (χ2v) is 13.2. The largest absolute Gasteiger partial charge is 0.354 e. The molecular formula is C34H35Cl2N3O4S. The Kier molecular flexibility index (Phi) is 11.4. The summed E-state index contributed by atoms with van der Waals surface area (Å²) in [6.07, 6.45) is 0.955. The summed E-state index contributed by atoms with van der Waals surface area (Å²) in [7, 11) is -4.25. The zero-order chi connectivity index (χ0) is 31.7. The Morgan fingerprint density at radius 2 is 1.43 bits per heavy atom. The average Bonchev–Trinajstić information content (AvgIpc) is 3.00. The van der Waals surface area contributed by atoms with Crippen LogP contribution in [0.15, 0.2) is 108 Å². The SMILES string of the molecule is CCCNC(=O)C(Cc1ccccc1)N(Cc1cccc(C)c1)C(=O)CN(c1cc(Cl)cc(Cl)c1)S(=O)(=O)c1ccccc1. The molecule has 7 nitrogen and oxygen atoms in total. The second kappa shape index (κ2) is 15.2. The fourth-order valence-electron chi connectivity index (χ4n) is 4.86. The molecule has 44 heavy (non-hydrogen) atoms. The Balaban J connectivity index is 1.81. The zero-order valence-electron chi connectivity index (χ0n) is 24.6. The number of carbonyl (C=O) groups excluding carboxylic acids is 2. The Morgan fingerprint density at radius 1 is 0.818 bits per heavy atom. The van der Waals surface area contributed by atoms with Gasteiger partial charge >= 0.3 is 0 Å². The van der Waals surface area contributed by atoms with E-state index in [1.807, 2.05) is 68.4 Å². The number of anilines is 1. The van der Waals surface area contributed by atoms with Crippen LogP contribution in [0.1, 0.15) is 30.0 Å². The predicted molar refractivity (Wildman–Crippen MR) is 176 cm³/mol. The van der Waals surface area contributed by atoms with Crippen molar-refractivity contribution >= 4 is 50.7 Å². The molecule has 4 aromatic carbocycles. The Bertz CT molecular complexity index is 1670. The maximum Gasteiger partial charge on any atom is 0.264 e. The molecule has 1 atom stereocenters. The van der Waals surface area contributed by atoms with Crippen molar-refractivity contribution in [2.45, 2.75) is 44.2 Å². The summed E-state index contributed by atoms with van der Waals surface area (Å²) in [6.45, 7) is 3.83. The third kappa shape index (κ3) is 8.62. The van der Waals surface area contributed by atoms with Gasteiger partial charge in [-0.3, -0.25) is 13.9 Å². The smallest absolute Gasteiger partial charge is 0.264 e. The van der Waals surface area contributed by atoms with Crippen LogP contribution in [0.25, 0.3) is 0 Å². The third-order valence-corrected chi connectivity index (χ3v) is 9.23. The molecule has 0 saturated heterocycles. The van der Waals surface area contributed by atoms with Crippen LogP contribution in [-0.4, -0.2) is 44.3 Å². The minimum atomic E-state index is -4.25. The van der Waals surface area contributed by atoms with Gasteiger partial charge in [0.25, 0.3) is 10.0 Å². The van der Waals surface area contributed by atoms with Gasteiger partial charge in [0.15, 0.2) is 0 Å². The van der Waals surface area contributed by atoms with Gasteiger partial charge in [0.2, 0.25) is 11.8 Å². The first kappa shape index (κ1) is 33.1. The molecule has 230 valence electrons. The van der Waals surface area contributed by atoms with Crippen molar-refractivity contribution in [3.05, 3.63) is 130 Å². The molecule has 0 aliphatic rings. The standard InChI is InChI=1S/C34H35Cl2N3O4S/c1-3-17-37-34(41)32(19-26-12-6-4-7-13-26)38(23-27-14-10-11-25(2)18-27)33(40)24-39(30-21-28(35)20-29(36)22-30)44(42,43)31-15-8-5-9-16-31/h4-16,18,20-22,32H,3,17,19,23-24H2,1-2H3,(H,37,41). The number of benzene rings is 4. The highest BCUT2D eigenvalue weighted by molar-refractivity contribution is 7.92. The lowest BCUT2D eigenvalue weighted by molar-refractivity contribution is -0.140. The van der Waals surface area contributed by atoms with Crippen molar-refractivity contribution in [1.29, 1.82) is 0 Å². The van der Waals surface area contributed by atoms with Crippen LogP contribution in [0.2, 0.25) is 10.0 Å². The molecule has 4 rings (SSSR count). The van der Waals surface area contributed by atoms with E-state index in [0.29, 0.717) is 13.0 Å². The summed E-state index contributed by atoms with van der Waals surface area (Å²) >= 11 is 12.6. The Morgan fingerprint density at radius 3 is 2.05 bits per heavy atom. The van der Waals surface area contributed by atoms with Crippen LogP contribution in [0.4, 0.5) is 5.69 Å². The van der Waals surface area contributed by atoms with Gasteiger partial charge < -0.3 is 10.2 Å². The lowest BCUT2D eigenvalue weighted by atomic mass is 10.0. The highest BCUT2D eigenvalue weighted by Crippen LogP contribution is 2.30. The fraction of sp³-hybridized carbons (Fsp3) is 0.235. The van der Waals surface area contributed by atoms with Crippen LogP contribution in [0.3, 0.4) is 0 Å². The second-order valence-electron chi connectivity index (χ2n) is 10.5. The van der Waals surface area contributed by atoms with E-state index >= 15 is 0 Å². The van der Waals surface area contributed by atoms with Crippen molar-refractivity contribution in [3.8, 4) is 0 Å². The van der Waals surface area contributed by atoms with Crippen molar-refractivity contribution < 1.29 is 18.0 Å². The van der Waals surface area contributed by atoms with Gasteiger partial charge in [-0.1, -0.05) is 108 Å². The summed E-state index contributed by atoms with van der Waals surface area (Å²) in [4.78, 5) is 29.6. The van der Waals surface area contributed by atoms with Gasteiger partial charge in [0, 0.05) is 29.6 Å². The maximum absolute atomic E-state index is 14.4. The number of nitrogens with one attached hydrogen (secondary N) is 1. The maximum atomic E-state index is 14.4. The minimum Gasteiger partial charge on any atom is -0.354 e. The summed E-state index contributed by atoms with van der Waals surface area (Å²) in [5.74, 6) is -0.880. The van der Waals surface area contributed by atoms with Crippen LogP contribution >= 0.6 is 23.2 Å². The minimum absolute atomic E-state index is 0.00402. The zero-order valence-corrected chi connectivity index (χ0v) is 26.9. The monoisotopic (exact) mass is 651 g/mol. The van der Waals surface area contributed by atoms with E-state index in [9.17, 15) is 18.0 Å². The molecule has 0 aliphatic carbocycles. The van der Waals surface area contributed by atoms with E-state index in [4.69, 9.17) is 23.2 Å². The molecule has 0 fully saturated rings. The van der Waals surface area contributed by atoms with Crippen LogP contribution in [-0.2, 0) is 32.6 Å². The number of carbonyl (C=O) groups is 2. The van der Waals surface area contributed by atoms with Gasteiger partial charge in [-0.2, -0.15) is 0 Å². The van der Waals surface area contributed by atoms with Gasteiger partial charge in [0.1, 0.15) is 12.6 Å². The first-order chi connectivity index (χ1) is 21.1. The Labute approximate surface area is 269 Å². The highest BCUT2D eigenvalue weighted by Gasteiger charge is 2.34. The van der Waals surface area contributed by atoms with Gasteiger partial charge in [0.05, 0.1) is 10.6 Å². The number of nitrogens with zero attached hydrogens (tertiary/aromatic N) is 2. The summed E-state index contributed by atoms with van der Waals surface area (Å²) in [5, 5.41) is 3.37. The molecule has 1 N–H and O–H groups in total. The summed E-state index contributed by atoms with van der Waals surface area (Å²) < 4.78 is 29.1. The highest BCUT2D eigenvalue weighted by atomic mass is 35.5. The molecule has 0 heterocycles. The number of hydrogen-bond donors (Lipinski definition) is 1.